The number of anilines is 1. The first-order valence-electron chi connectivity index (χ1n) is 5.65. The number of aromatic nitrogens is 3. The van der Waals surface area contributed by atoms with Crippen LogP contribution < -0.4 is 11.1 Å². The summed E-state index contributed by atoms with van der Waals surface area (Å²) >= 11 is 0. The van der Waals surface area contributed by atoms with Gasteiger partial charge in [0.25, 0.3) is 5.91 Å². The van der Waals surface area contributed by atoms with E-state index in [1.54, 1.807) is 0 Å². The summed E-state index contributed by atoms with van der Waals surface area (Å²) in [7, 11) is 0. The number of nitrogens with one attached hydrogen (secondary N) is 1. The Morgan fingerprint density at radius 2 is 2.33 bits per heavy atom. The Morgan fingerprint density at radius 3 is 2.89 bits per heavy atom. The standard InChI is InChI=1S/C10H17N5O3/c1-3-4-12-9(17)7(2)18-8(16)5-15-6-13-10(11)14-15/h6-7H,3-5H2,1-2H3,(H2,11,14)(H,12,17). The van der Waals surface area contributed by atoms with Crippen LogP contribution in [0.25, 0.3) is 0 Å². The largest absolute Gasteiger partial charge is 0.451 e. The van der Waals surface area contributed by atoms with Gasteiger partial charge in [0.1, 0.15) is 12.9 Å². The maximum Gasteiger partial charge on any atom is 0.328 e. The highest BCUT2D eigenvalue weighted by Crippen LogP contribution is 1.96. The van der Waals surface area contributed by atoms with Crippen molar-refractivity contribution in [3.8, 4) is 0 Å². The van der Waals surface area contributed by atoms with Crippen LogP contribution >= 0.6 is 0 Å². The summed E-state index contributed by atoms with van der Waals surface area (Å²) in [6.07, 6.45) is 1.31. The number of nitrogens with zero attached hydrogens (tertiary/aromatic N) is 3. The summed E-state index contributed by atoms with van der Waals surface area (Å²) in [4.78, 5) is 26.6. The molecular formula is C10H17N5O3. The van der Waals surface area contributed by atoms with Crippen LogP contribution in [0.3, 0.4) is 0 Å². The second kappa shape index (κ2) is 6.58. The molecule has 0 saturated carbocycles. The van der Waals surface area contributed by atoms with Crippen LogP contribution in [0.1, 0.15) is 20.3 Å². The van der Waals surface area contributed by atoms with Crippen LogP contribution in [-0.4, -0.2) is 39.3 Å². The maximum atomic E-state index is 11.5. The Labute approximate surface area is 105 Å². The minimum absolute atomic E-state index is 0.0801. The molecule has 1 aromatic rings. The molecule has 1 rings (SSSR count). The smallest absolute Gasteiger partial charge is 0.328 e. The normalized spacial score (nSPS) is 11.9. The van der Waals surface area contributed by atoms with Gasteiger partial charge in [0.2, 0.25) is 5.95 Å². The highest BCUT2D eigenvalue weighted by Gasteiger charge is 2.17. The molecule has 0 bridgehead atoms. The predicted octanol–water partition coefficient (Wildman–Crippen LogP) is -0.682. The molecule has 1 aromatic heterocycles. The van der Waals surface area contributed by atoms with Gasteiger partial charge in [-0.3, -0.25) is 9.59 Å². The zero-order valence-corrected chi connectivity index (χ0v) is 10.4. The van der Waals surface area contributed by atoms with Gasteiger partial charge >= 0.3 is 5.97 Å². The fourth-order valence-corrected chi connectivity index (χ4v) is 1.20. The third-order valence-electron chi connectivity index (χ3n) is 2.07. The Bertz CT molecular complexity index is 417. The topological polar surface area (TPSA) is 112 Å². The van der Waals surface area contributed by atoms with Gasteiger partial charge in [0, 0.05) is 6.54 Å². The van der Waals surface area contributed by atoms with Crippen molar-refractivity contribution in [2.24, 2.45) is 0 Å². The number of carbonyl (C=O) groups is 2. The summed E-state index contributed by atoms with van der Waals surface area (Å²) in [6, 6.07) is 0. The maximum absolute atomic E-state index is 11.5. The van der Waals surface area contributed by atoms with E-state index in [1.165, 1.54) is 17.9 Å². The van der Waals surface area contributed by atoms with E-state index in [-0.39, 0.29) is 18.4 Å². The first-order valence-corrected chi connectivity index (χ1v) is 5.65. The third-order valence-corrected chi connectivity index (χ3v) is 2.07. The molecule has 100 valence electrons. The van der Waals surface area contributed by atoms with Crippen molar-refractivity contribution in [1.82, 2.24) is 20.1 Å². The van der Waals surface area contributed by atoms with Crippen molar-refractivity contribution in [1.29, 1.82) is 0 Å². The van der Waals surface area contributed by atoms with E-state index < -0.39 is 12.1 Å². The average Bonchev–Trinajstić information content (AvgIpc) is 2.71. The summed E-state index contributed by atoms with van der Waals surface area (Å²) in [5.41, 5.74) is 5.30. The zero-order chi connectivity index (χ0) is 13.5. The Morgan fingerprint density at radius 1 is 1.61 bits per heavy atom. The van der Waals surface area contributed by atoms with Crippen molar-refractivity contribution < 1.29 is 14.3 Å². The van der Waals surface area contributed by atoms with Crippen molar-refractivity contribution >= 4 is 17.8 Å². The Kier molecular flexibility index (Phi) is 5.09. The van der Waals surface area contributed by atoms with Gasteiger partial charge in [-0.15, -0.1) is 5.10 Å². The number of ether oxygens (including phenoxy) is 1. The minimum Gasteiger partial charge on any atom is -0.451 e. The van der Waals surface area contributed by atoms with E-state index in [2.05, 4.69) is 15.4 Å². The van der Waals surface area contributed by atoms with Gasteiger partial charge < -0.3 is 15.8 Å². The van der Waals surface area contributed by atoms with E-state index in [0.717, 1.165) is 6.42 Å². The lowest BCUT2D eigenvalue weighted by atomic mass is 10.3. The molecule has 1 unspecified atom stereocenters. The second-order valence-electron chi connectivity index (χ2n) is 3.72. The zero-order valence-electron chi connectivity index (χ0n) is 10.4. The van der Waals surface area contributed by atoms with Crippen LogP contribution in [0.5, 0.6) is 0 Å². The van der Waals surface area contributed by atoms with E-state index in [4.69, 9.17) is 10.5 Å². The van der Waals surface area contributed by atoms with E-state index >= 15 is 0 Å². The lowest BCUT2D eigenvalue weighted by Gasteiger charge is -2.12. The number of amides is 1. The molecule has 1 heterocycles. The number of nitrogens with two attached hydrogens (primary N) is 1. The molecule has 8 nitrogen and oxygen atoms in total. The summed E-state index contributed by atoms with van der Waals surface area (Å²) in [5, 5.41) is 6.37. The van der Waals surface area contributed by atoms with Gasteiger partial charge in [-0.05, 0) is 13.3 Å². The molecule has 0 saturated heterocycles. The monoisotopic (exact) mass is 255 g/mol. The molecule has 1 atom stereocenters. The SMILES string of the molecule is CCCNC(=O)C(C)OC(=O)Cn1cnc(N)n1. The molecule has 0 aromatic carbocycles. The van der Waals surface area contributed by atoms with Crippen LogP contribution in [-0.2, 0) is 20.9 Å². The number of hydrogen-bond acceptors (Lipinski definition) is 6. The summed E-state index contributed by atoms with van der Waals surface area (Å²) < 4.78 is 6.19. The van der Waals surface area contributed by atoms with Crippen molar-refractivity contribution in [3.63, 3.8) is 0 Å². The number of hydrogen-bond donors (Lipinski definition) is 2. The van der Waals surface area contributed by atoms with E-state index in [1.807, 2.05) is 6.92 Å². The van der Waals surface area contributed by atoms with Crippen LogP contribution in [0.2, 0.25) is 0 Å². The van der Waals surface area contributed by atoms with E-state index in [9.17, 15) is 9.59 Å². The molecule has 0 spiro atoms. The first kappa shape index (κ1) is 13.9. The Hall–Kier alpha value is -2.12. The summed E-state index contributed by atoms with van der Waals surface area (Å²) in [5.74, 6) is -0.807. The van der Waals surface area contributed by atoms with Crippen molar-refractivity contribution in [2.45, 2.75) is 32.9 Å². The molecule has 0 fully saturated rings. The number of nitrogen functional groups attached to an aromatic ring is 1. The lowest BCUT2D eigenvalue weighted by Crippen LogP contribution is -2.36. The Balaban J connectivity index is 2.37. The number of rotatable bonds is 6. The van der Waals surface area contributed by atoms with Gasteiger partial charge in [0.15, 0.2) is 6.10 Å². The van der Waals surface area contributed by atoms with Gasteiger partial charge in [-0.1, -0.05) is 6.92 Å². The molecule has 0 radical (unpaired) electrons. The second-order valence-corrected chi connectivity index (χ2v) is 3.72. The summed E-state index contributed by atoms with van der Waals surface area (Å²) in [6.45, 7) is 3.88. The van der Waals surface area contributed by atoms with Crippen molar-refractivity contribution in [3.05, 3.63) is 6.33 Å². The molecule has 1 amide bonds. The quantitative estimate of drug-likeness (QED) is 0.651. The van der Waals surface area contributed by atoms with Gasteiger partial charge in [0.05, 0.1) is 0 Å². The first-order chi connectivity index (χ1) is 8.52. The van der Waals surface area contributed by atoms with Gasteiger partial charge in [-0.2, -0.15) is 0 Å². The number of esters is 1. The third kappa shape index (κ3) is 4.40. The predicted molar refractivity (Wildman–Crippen MR) is 63.3 cm³/mol. The molecule has 8 heteroatoms. The molecule has 18 heavy (non-hydrogen) atoms. The van der Waals surface area contributed by atoms with Crippen LogP contribution in [0.15, 0.2) is 6.33 Å². The fourth-order valence-electron chi connectivity index (χ4n) is 1.20. The molecule has 3 N–H and O–H groups in total. The van der Waals surface area contributed by atoms with E-state index in [0.29, 0.717) is 6.54 Å². The molecular weight excluding hydrogens is 238 g/mol. The lowest BCUT2D eigenvalue weighted by molar-refractivity contribution is -0.155. The highest BCUT2D eigenvalue weighted by atomic mass is 16.5. The fraction of sp³-hybridized carbons (Fsp3) is 0.600. The highest BCUT2D eigenvalue weighted by molar-refractivity contribution is 5.83. The molecule has 0 aliphatic rings. The number of carbonyl (C=O) groups excluding carboxylic acids is 2. The molecule has 0 aliphatic heterocycles. The van der Waals surface area contributed by atoms with Gasteiger partial charge in [-0.25, -0.2) is 9.67 Å². The molecule has 0 aliphatic carbocycles. The van der Waals surface area contributed by atoms with Crippen molar-refractivity contribution in [2.75, 3.05) is 12.3 Å². The average molecular weight is 255 g/mol. The minimum atomic E-state index is -0.829. The van der Waals surface area contributed by atoms with Crippen LogP contribution in [0.4, 0.5) is 5.95 Å². The van der Waals surface area contributed by atoms with Crippen LogP contribution in [0, 0.1) is 0 Å².